The van der Waals surface area contributed by atoms with Crippen LogP contribution in [0.15, 0.2) is 29.2 Å². The van der Waals surface area contributed by atoms with Crippen molar-refractivity contribution in [2.24, 2.45) is 5.92 Å². The van der Waals surface area contributed by atoms with Gasteiger partial charge in [-0.1, -0.05) is 0 Å². The lowest BCUT2D eigenvalue weighted by Gasteiger charge is -2.50. The van der Waals surface area contributed by atoms with E-state index in [0.717, 1.165) is 19.6 Å². The van der Waals surface area contributed by atoms with Crippen molar-refractivity contribution >= 4 is 10.0 Å². The van der Waals surface area contributed by atoms with Crippen molar-refractivity contribution in [3.63, 3.8) is 0 Å². The average Bonchev–Trinajstić information content (AvgIpc) is 2.83. The fraction of sp³-hybridized carbons (Fsp3) is 0.625. The molecular formula is C16H24N2O4S. The normalized spacial score (nSPS) is 24.7. The van der Waals surface area contributed by atoms with Gasteiger partial charge in [0, 0.05) is 32.3 Å². The summed E-state index contributed by atoms with van der Waals surface area (Å²) in [5.74, 6) is 1.14. The second kappa shape index (κ2) is 6.05. The highest BCUT2D eigenvalue weighted by Gasteiger charge is 2.55. The Morgan fingerprint density at radius 3 is 2.43 bits per heavy atom. The minimum atomic E-state index is -3.42. The van der Waals surface area contributed by atoms with Crippen LogP contribution in [0.4, 0.5) is 0 Å². The van der Waals surface area contributed by atoms with Crippen LogP contribution in [0, 0.1) is 5.92 Å². The number of likely N-dealkylation sites (N-methyl/N-ethyl adjacent to an activating group) is 1. The number of methoxy groups -OCH3 is 2. The van der Waals surface area contributed by atoms with Gasteiger partial charge in [0.1, 0.15) is 5.75 Å². The summed E-state index contributed by atoms with van der Waals surface area (Å²) in [5.41, 5.74) is -0.0251. The van der Waals surface area contributed by atoms with Gasteiger partial charge >= 0.3 is 0 Å². The van der Waals surface area contributed by atoms with Gasteiger partial charge in [-0.15, -0.1) is 0 Å². The predicted molar refractivity (Wildman–Crippen MR) is 87.1 cm³/mol. The molecule has 2 fully saturated rings. The summed E-state index contributed by atoms with van der Waals surface area (Å²) in [6.45, 7) is 2.80. The SMILES string of the molecule is COC[C@@H]1CN(C)C2(C1)CN(S(=O)(=O)c1ccc(OC)cc1)C2. The van der Waals surface area contributed by atoms with Gasteiger partial charge in [-0.2, -0.15) is 4.31 Å². The quantitative estimate of drug-likeness (QED) is 0.801. The fourth-order valence-electron chi connectivity index (χ4n) is 3.73. The van der Waals surface area contributed by atoms with Crippen LogP contribution in [0.3, 0.4) is 0 Å². The van der Waals surface area contributed by atoms with Crippen LogP contribution in [0.1, 0.15) is 6.42 Å². The Balaban J connectivity index is 1.70. The second-order valence-corrected chi connectivity index (χ2v) is 8.52. The van der Waals surface area contributed by atoms with Crippen molar-refractivity contribution in [3.8, 4) is 5.75 Å². The van der Waals surface area contributed by atoms with Crippen molar-refractivity contribution in [1.29, 1.82) is 0 Å². The first-order chi connectivity index (χ1) is 10.9. The summed E-state index contributed by atoms with van der Waals surface area (Å²) in [6, 6.07) is 6.56. The third kappa shape index (κ3) is 2.87. The predicted octanol–water partition coefficient (Wildman–Crippen LogP) is 1.04. The molecule has 0 saturated carbocycles. The van der Waals surface area contributed by atoms with Crippen molar-refractivity contribution < 1.29 is 17.9 Å². The molecule has 23 heavy (non-hydrogen) atoms. The van der Waals surface area contributed by atoms with Crippen molar-refractivity contribution in [2.45, 2.75) is 16.9 Å². The Hall–Kier alpha value is -1.15. The Kier molecular flexibility index (Phi) is 4.39. The number of likely N-dealkylation sites (tertiary alicyclic amines) is 1. The summed E-state index contributed by atoms with van der Waals surface area (Å²) in [4.78, 5) is 2.61. The van der Waals surface area contributed by atoms with E-state index < -0.39 is 10.0 Å². The first kappa shape index (κ1) is 16.7. The molecule has 3 rings (SSSR count). The van der Waals surface area contributed by atoms with Gasteiger partial charge in [-0.25, -0.2) is 8.42 Å². The Morgan fingerprint density at radius 2 is 1.87 bits per heavy atom. The molecule has 0 N–H and O–H groups in total. The van der Waals surface area contributed by atoms with Crippen LogP contribution in [-0.2, 0) is 14.8 Å². The van der Waals surface area contributed by atoms with Crippen LogP contribution in [0.2, 0.25) is 0 Å². The molecule has 0 amide bonds. The largest absolute Gasteiger partial charge is 0.497 e. The van der Waals surface area contributed by atoms with Crippen LogP contribution < -0.4 is 4.74 Å². The van der Waals surface area contributed by atoms with Crippen LogP contribution >= 0.6 is 0 Å². The summed E-state index contributed by atoms with van der Waals surface area (Å²) < 4.78 is 37.3. The van der Waals surface area contributed by atoms with Crippen LogP contribution in [-0.4, -0.2) is 70.7 Å². The first-order valence-corrected chi connectivity index (χ1v) is 9.20. The lowest BCUT2D eigenvalue weighted by molar-refractivity contribution is 0.0372. The van der Waals surface area contributed by atoms with E-state index in [4.69, 9.17) is 9.47 Å². The highest BCUT2D eigenvalue weighted by atomic mass is 32.2. The van der Waals surface area contributed by atoms with Crippen molar-refractivity contribution in [1.82, 2.24) is 9.21 Å². The third-order valence-corrected chi connectivity index (χ3v) is 6.86. The molecule has 0 bridgehead atoms. The molecule has 0 aliphatic carbocycles. The van der Waals surface area contributed by atoms with E-state index in [1.54, 1.807) is 42.8 Å². The Morgan fingerprint density at radius 1 is 1.22 bits per heavy atom. The van der Waals surface area contributed by atoms with Gasteiger partial charge in [0.05, 0.1) is 18.6 Å². The van der Waals surface area contributed by atoms with E-state index >= 15 is 0 Å². The molecule has 1 aromatic carbocycles. The standard InChI is InChI=1S/C16H24N2O4S/c1-17-9-13(10-21-2)8-16(17)11-18(12-16)23(19,20)15-6-4-14(22-3)5-7-15/h4-7,13H,8-12H2,1-3H3/t13-/m0/s1. The summed E-state index contributed by atoms with van der Waals surface area (Å²) in [5, 5.41) is 0. The molecule has 0 radical (unpaired) electrons. The number of nitrogens with zero attached hydrogens (tertiary/aromatic N) is 2. The van der Waals surface area contributed by atoms with E-state index in [0.29, 0.717) is 29.7 Å². The second-order valence-electron chi connectivity index (χ2n) is 6.58. The summed E-state index contributed by atoms with van der Waals surface area (Å²) in [6.07, 6.45) is 0.992. The molecule has 1 aromatic rings. The zero-order valence-electron chi connectivity index (χ0n) is 13.9. The lowest BCUT2D eigenvalue weighted by atomic mass is 9.87. The Labute approximate surface area is 138 Å². The maximum absolute atomic E-state index is 12.7. The number of rotatable bonds is 5. The molecule has 0 aromatic heterocycles. The van der Waals surface area contributed by atoms with Gasteiger partial charge in [0.25, 0.3) is 0 Å². The van der Waals surface area contributed by atoms with Crippen molar-refractivity contribution in [2.75, 3.05) is 47.5 Å². The molecule has 0 unspecified atom stereocenters. The topological polar surface area (TPSA) is 59.1 Å². The highest BCUT2D eigenvalue weighted by Crippen LogP contribution is 2.41. The van der Waals surface area contributed by atoms with Gasteiger partial charge in [0.15, 0.2) is 0 Å². The van der Waals surface area contributed by atoms with E-state index in [1.165, 1.54) is 0 Å². The number of sulfonamides is 1. The highest BCUT2D eigenvalue weighted by molar-refractivity contribution is 7.89. The smallest absolute Gasteiger partial charge is 0.243 e. The van der Waals surface area contributed by atoms with E-state index in [9.17, 15) is 8.42 Å². The summed E-state index contributed by atoms with van der Waals surface area (Å²) in [7, 11) is 1.93. The minimum absolute atomic E-state index is 0.0251. The first-order valence-electron chi connectivity index (χ1n) is 7.76. The zero-order chi connectivity index (χ0) is 16.7. The molecule has 2 aliphatic heterocycles. The molecular weight excluding hydrogens is 316 g/mol. The number of hydrogen-bond donors (Lipinski definition) is 0. The molecule has 1 atom stereocenters. The van der Waals surface area contributed by atoms with Gasteiger partial charge < -0.3 is 9.47 Å². The molecule has 128 valence electrons. The third-order valence-electron chi connectivity index (χ3n) is 5.05. The molecule has 1 spiro atoms. The van der Waals surface area contributed by atoms with E-state index in [1.807, 2.05) is 0 Å². The average molecular weight is 340 g/mol. The van der Waals surface area contributed by atoms with E-state index in [2.05, 4.69) is 11.9 Å². The zero-order valence-corrected chi connectivity index (χ0v) is 14.7. The molecule has 2 saturated heterocycles. The van der Waals surface area contributed by atoms with Gasteiger partial charge in [-0.3, -0.25) is 4.90 Å². The fourth-order valence-corrected chi connectivity index (χ4v) is 5.33. The van der Waals surface area contributed by atoms with Gasteiger partial charge in [0.2, 0.25) is 10.0 Å². The maximum atomic E-state index is 12.7. The maximum Gasteiger partial charge on any atom is 0.243 e. The monoisotopic (exact) mass is 340 g/mol. The summed E-state index contributed by atoms with van der Waals surface area (Å²) >= 11 is 0. The van der Waals surface area contributed by atoms with Crippen molar-refractivity contribution in [3.05, 3.63) is 24.3 Å². The number of benzene rings is 1. The number of ether oxygens (including phenoxy) is 2. The van der Waals surface area contributed by atoms with Crippen LogP contribution in [0.25, 0.3) is 0 Å². The van der Waals surface area contributed by atoms with Gasteiger partial charge in [-0.05, 0) is 43.7 Å². The minimum Gasteiger partial charge on any atom is -0.497 e. The van der Waals surface area contributed by atoms with E-state index in [-0.39, 0.29) is 5.54 Å². The number of hydrogen-bond acceptors (Lipinski definition) is 5. The molecule has 2 heterocycles. The molecule has 6 nitrogen and oxygen atoms in total. The molecule has 2 aliphatic rings. The Bertz CT molecular complexity index is 653. The lowest BCUT2D eigenvalue weighted by Crippen LogP contribution is -2.67. The molecule has 7 heteroatoms. The van der Waals surface area contributed by atoms with Crippen LogP contribution in [0.5, 0.6) is 5.75 Å².